The average molecular weight is 331 g/mol. The molecule has 0 saturated carbocycles. The van der Waals surface area contributed by atoms with Gasteiger partial charge in [0.1, 0.15) is 18.2 Å². The normalized spacial score (nSPS) is 12.4. The van der Waals surface area contributed by atoms with E-state index in [1.807, 2.05) is 11.4 Å². The van der Waals surface area contributed by atoms with Crippen LogP contribution in [0.5, 0.6) is 5.75 Å². The van der Waals surface area contributed by atoms with Crippen molar-refractivity contribution in [3.8, 4) is 5.75 Å². The fourth-order valence-corrected chi connectivity index (χ4v) is 2.92. The van der Waals surface area contributed by atoms with E-state index in [2.05, 4.69) is 15.9 Å². The molecule has 5 heteroatoms. The fourth-order valence-electron chi connectivity index (χ4n) is 1.56. The molecule has 1 heterocycles. The van der Waals surface area contributed by atoms with Crippen LogP contribution < -0.4 is 4.74 Å². The highest BCUT2D eigenvalue weighted by molar-refractivity contribution is 9.10. The third-order valence-electron chi connectivity index (χ3n) is 2.41. The molecule has 0 aliphatic heterocycles. The summed E-state index contributed by atoms with van der Waals surface area (Å²) < 4.78 is 19.7. The molecule has 0 fully saturated rings. The third-order valence-corrected chi connectivity index (χ3v) is 4.08. The number of aliphatic hydroxyl groups is 1. The predicted molar refractivity (Wildman–Crippen MR) is 73.4 cm³/mol. The van der Waals surface area contributed by atoms with Gasteiger partial charge in [0.2, 0.25) is 0 Å². The molecule has 1 atom stereocenters. The first-order valence-corrected chi connectivity index (χ1v) is 7.07. The molecule has 1 N–H and O–H groups in total. The molecule has 2 aromatic rings. The molecule has 0 bridgehead atoms. The number of benzene rings is 1. The number of thiophene rings is 1. The van der Waals surface area contributed by atoms with Gasteiger partial charge in [-0.3, -0.25) is 0 Å². The summed E-state index contributed by atoms with van der Waals surface area (Å²) in [6.45, 7) is 1.99. The van der Waals surface area contributed by atoms with Gasteiger partial charge < -0.3 is 9.84 Å². The third kappa shape index (κ3) is 3.31. The zero-order valence-corrected chi connectivity index (χ0v) is 12.1. The maximum absolute atomic E-state index is 13.1. The summed E-state index contributed by atoms with van der Waals surface area (Å²) in [5.74, 6) is 0.132. The van der Waals surface area contributed by atoms with Crippen molar-refractivity contribution in [2.75, 3.05) is 0 Å². The Morgan fingerprint density at radius 3 is 2.83 bits per heavy atom. The predicted octanol–water partition coefficient (Wildman–Crippen LogP) is 4.28. The molecule has 0 amide bonds. The van der Waals surface area contributed by atoms with Crippen molar-refractivity contribution in [3.05, 3.63) is 50.4 Å². The van der Waals surface area contributed by atoms with Gasteiger partial charge in [0.15, 0.2) is 0 Å². The second-order valence-corrected chi connectivity index (χ2v) is 5.79. The standard InChI is InChI=1S/C13H12BrFO2S/c1-8(16)12-5-10(15)2-3-13(12)17-6-11-4-9(14)7-18-11/h2-5,7-8,16H,6H2,1H3/t8-/m1/s1. The van der Waals surface area contributed by atoms with Crippen molar-refractivity contribution in [3.63, 3.8) is 0 Å². The molecule has 0 spiro atoms. The van der Waals surface area contributed by atoms with Crippen molar-refractivity contribution in [1.29, 1.82) is 0 Å². The molecule has 1 aromatic carbocycles. The Balaban J connectivity index is 2.13. The van der Waals surface area contributed by atoms with Crippen molar-refractivity contribution >= 4 is 27.3 Å². The highest BCUT2D eigenvalue weighted by Gasteiger charge is 2.11. The van der Waals surface area contributed by atoms with Gasteiger partial charge >= 0.3 is 0 Å². The number of hydrogen-bond acceptors (Lipinski definition) is 3. The molecular formula is C13H12BrFO2S. The Hall–Kier alpha value is -0.910. The first kappa shape index (κ1) is 13.5. The van der Waals surface area contributed by atoms with Gasteiger partial charge in [0.25, 0.3) is 0 Å². The highest BCUT2D eigenvalue weighted by atomic mass is 79.9. The summed E-state index contributed by atoms with van der Waals surface area (Å²) in [6.07, 6.45) is -0.759. The van der Waals surface area contributed by atoms with Gasteiger partial charge in [-0.1, -0.05) is 0 Å². The Kier molecular flexibility index (Phi) is 4.37. The van der Waals surface area contributed by atoms with Crippen molar-refractivity contribution in [2.24, 2.45) is 0 Å². The Bertz CT molecular complexity index is 540. The van der Waals surface area contributed by atoms with E-state index in [9.17, 15) is 9.50 Å². The lowest BCUT2D eigenvalue weighted by molar-refractivity contribution is 0.189. The largest absolute Gasteiger partial charge is 0.488 e. The zero-order chi connectivity index (χ0) is 13.1. The smallest absolute Gasteiger partial charge is 0.125 e. The lowest BCUT2D eigenvalue weighted by Gasteiger charge is -2.12. The number of halogens is 2. The van der Waals surface area contributed by atoms with Gasteiger partial charge in [-0.05, 0) is 47.1 Å². The highest BCUT2D eigenvalue weighted by Crippen LogP contribution is 2.28. The molecule has 0 unspecified atom stereocenters. The molecule has 0 aliphatic carbocycles. The lowest BCUT2D eigenvalue weighted by Crippen LogP contribution is -2.00. The SMILES string of the molecule is C[C@@H](O)c1cc(F)ccc1OCc1cc(Br)cs1. The van der Waals surface area contributed by atoms with E-state index >= 15 is 0 Å². The van der Waals surface area contributed by atoms with E-state index in [0.29, 0.717) is 17.9 Å². The zero-order valence-electron chi connectivity index (χ0n) is 9.69. The maximum Gasteiger partial charge on any atom is 0.125 e. The van der Waals surface area contributed by atoms with E-state index in [1.165, 1.54) is 12.1 Å². The van der Waals surface area contributed by atoms with Gasteiger partial charge in [-0.2, -0.15) is 0 Å². The molecule has 0 radical (unpaired) electrons. The van der Waals surface area contributed by atoms with Crippen molar-refractivity contribution < 1.29 is 14.2 Å². The maximum atomic E-state index is 13.1. The van der Waals surface area contributed by atoms with Gasteiger partial charge in [0.05, 0.1) is 6.10 Å². The van der Waals surface area contributed by atoms with Crippen LogP contribution in [-0.2, 0) is 6.61 Å². The van der Waals surface area contributed by atoms with Crippen LogP contribution in [0.4, 0.5) is 4.39 Å². The molecule has 2 nitrogen and oxygen atoms in total. The topological polar surface area (TPSA) is 29.5 Å². The van der Waals surface area contributed by atoms with Crippen LogP contribution in [0.25, 0.3) is 0 Å². The minimum atomic E-state index is -0.759. The minimum Gasteiger partial charge on any atom is -0.488 e. The van der Waals surface area contributed by atoms with Crippen LogP contribution in [0.2, 0.25) is 0 Å². The van der Waals surface area contributed by atoms with Crippen LogP contribution >= 0.6 is 27.3 Å². The van der Waals surface area contributed by atoms with Crippen LogP contribution in [-0.4, -0.2) is 5.11 Å². The first-order valence-electron chi connectivity index (χ1n) is 5.39. The summed E-state index contributed by atoms with van der Waals surface area (Å²) in [4.78, 5) is 1.06. The van der Waals surface area contributed by atoms with Gasteiger partial charge in [-0.15, -0.1) is 11.3 Å². The van der Waals surface area contributed by atoms with Crippen molar-refractivity contribution in [2.45, 2.75) is 19.6 Å². The van der Waals surface area contributed by atoms with E-state index < -0.39 is 6.10 Å². The summed E-state index contributed by atoms with van der Waals surface area (Å²) in [7, 11) is 0. The molecule has 2 rings (SSSR count). The second-order valence-electron chi connectivity index (χ2n) is 3.88. The quantitative estimate of drug-likeness (QED) is 0.906. The van der Waals surface area contributed by atoms with Crippen LogP contribution in [0.1, 0.15) is 23.5 Å². The molecule has 96 valence electrons. The van der Waals surface area contributed by atoms with Crippen LogP contribution in [0, 0.1) is 5.82 Å². The number of aliphatic hydroxyl groups excluding tert-OH is 1. The van der Waals surface area contributed by atoms with Crippen molar-refractivity contribution in [1.82, 2.24) is 0 Å². The molecule has 1 aromatic heterocycles. The Morgan fingerprint density at radius 2 is 2.22 bits per heavy atom. The monoisotopic (exact) mass is 330 g/mol. The van der Waals surface area contributed by atoms with E-state index in [4.69, 9.17) is 4.74 Å². The molecule has 0 saturated heterocycles. The van der Waals surface area contributed by atoms with Gasteiger partial charge in [-0.25, -0.2) is 4.39 Å². The fraction of sp³-hybridized carbons (Fsp3) is 0.231. The number of hydrogen-bond donors (Lipinski definition) is 1. The molecule has 0 aliphatic rings. The number of ether oxygens (including phenoxy) is 1. The average Bonchev–Trinajstić information content (AvgIpc) is 2.73. The van der Waals surface area contributed by atoms with E-state index in [-0.39, 0.29) is 5.82 Å². The molecular weight excluding hydrogens is 319 g/mol. The number of rotatable bonds is 4. The second kappa shape index (κ2) is 5.82. The minimum absolute atomic E-state index is 0.378. The summed E-state index contributed by atoms with van der Waals surface area (Å²) in [5, 5.41) is 11.5. The summed E-state index contributed by atoms with van der Waals surface area (Å²) in [5.41, 5.74) is 0.464. The van der Waals surface area contributed by atoms with Gasteiger partial charge in [0, 0.05) is 20.3 Å². The lowest BCUT2D eigenvalue weighted by atomic mass is 10.1. The summed E-state index contributed by atoms with van der Waals surface area (Å²) in [6, 6.07) is 6.13. The Morgan fingerprint density at radius 1 is 1.44 bits per heavy atom. The van der Waals surface area contributed by atoms with E-state index in [1.54, 1.807) is 24.3 Å². The first-order chi connectivity index (χ1) is 8.56. The Labute approximate surface area is 117 Å². The van der Waals surface area contributed by atoms with E-state index in [0.717, 1.165) is 9.35 Å². The summed E-state index contributed by atoms with van der Waals surface area (Å²) >= 11 is 4.95. The molecule has 18 heavy (non-hydrogen) atoms. The van der Waals surface area contributed by atoms with Crippen LogP contribution in [0.3, 0.4) is 0 Å². The van der Waals surface area contributed by atoms with Crippen LogP contribution in [0.15, 0.2) is 34.1 Å².